The number of carbonyl (C=O) groups excluding carboxylic acids is 4. The highest BCUT2D eigenvalue weighted by molar-refractivity contribution is 9.09. The number of alkyl halides is 3. The fourth-order valence-electron chi connectivity index (χ4n) is 7.40. The van der Waals surface area contributed by atoms with Crippen LogP contribution in [-0.2, 0) is 25.6 Å². The van der Waals surface area contributed by atoms with Crippen LogP contribution >= 0.6 is 39.1 Å². The summed E-state index contributed by atoms with van der Waals surface area (Å²) < 4.78 is 5.91. The molecule has 0 spiro atoms. The van der Waals surface area contributed by atoms with Crippen molar-refractivity contribution in [3.05, 3.63) is 77.6 Å². The van der Waals surface area contributed by atoms with Crippen molar-refractivity contribution in [2.75, 3.05) is 10.4 Å². The lowest BCUT2D eigenvalue weighted by Crippen LogP contribution is -2.61. The summed E-state index contributed by atoms with van der Waals surface area (Å²) in [6.45, 7) is 0. The van der Waals surface area contributed by atoms with Crippen molar-refractivity contribution in [2.24, 2.45) is 23.7 Å². The molecule has 41 heavy (non-hydrogen) atoms. The minimum Gasteiger partial charge on any atom is -0.508 e. The van der Waals surface area contributed by atoms with Gasteiger partial charge in [0.05, 0.1) is 29.2 Å². The fourth-order valence-corrected chi connectivity index (χ4v) is 8.84. The maximum atomic E-state index is 14.0. The Morgan fingerprint density at radius 3 is 2.49 bits per heavy atom. The number of aromatic hydroxyl groups is 1. The molecule has 4 amide bonds. The van der Waals surface area contributed by atoms with Crippen LogP contribution in [0.5, 0.6) is 11.5 Å². The number of amides is 4. The number of imide groups is 2. The number of benzene rings is 2. The van der Waals surface area contributed by atoms with Crippen molar-refractivity contribution < 1.29 is 29.0 Å². The third kappa shape index (κ3) is 3.46. The number of phenols is 1. The quantitative estimate of drug-likeness (QED) is 0.223. The van der Waals surface area contributed by atoms with Gasteiger partial charge in [0.15, 0.2) is 9.75 Å². The van der Waals surface area contributed by atoms with E-state index in [0.717, 1.165) is 4.90 Å². The molecule has 0 radical (unpaired) electrons. The number of hydrogen-bond donors (Lipinski definition) is 1. The molecule has 3 fully saturated rings. The Morgan fingerprint density at radius 2 is 1.76 bits per heavy atom. The number of allylic oxidation sites excluding steroid dienone is 3. The first kappa shape index (κ1) is 26.7. The Balaban J connectivity index is 1.37. The molecule has 3 aliphatic heterocycles. The third-order valence-corrected chi connectivity index (χ3v) is 11.1. The lowest BCUT2D eigenvalue weighted by atomic mass is 9.56. The smallest absolute Gasteiger partial charge is 0.254 e. The Bertz CT molecular complexity index is 1610. The van der Waals surface area contributed by atoms with Crippen molar-refractivity contribution >= 4 is 68.4 Å². The van der Waals surface area contributed by atoms with E-state index in [0.29, 0.717) is 28.1 Å². The normalized spacial score (nSPS) is 33.9. The SMILES string of the molecule is O=C1[C@H]2[C@H](CC=C3[C@H](C4=COc5ccc(O)cc5C4)[C@]4(Cl)C(=O)N(CBr)C(=O)[C@]4(Cl)C[C@H]32)C(=O)N1c1ccccc1. The van der Waals surface area contributed by atoms with E-state index in [-0.39, 0.29) is 42.3 Å². The molecule has 11 heteroatoms. The van der Waals surface area contributed by atoms with Gasteiger partial charge in [-0.1, -0.05) is 45.8 Å². The summed E-state index contributed by atoms with van der Waals surface area (Å²) in [5, 5.41) is 10.1. The Hall–Kier alpha value is -3.14. The van der Waals surface area contributed by atoms with Crippen LogP contribution < -0.4 is 9.64 Å². The summed E-state index contributed by atoms with van der Waals surface area (Å²) in [6.07, 6.45) is 3.88. The number of halogens is 3. The molecule has 2 aliphatic carbocycles. The zero-order valence-corrected chi connectivity index (χ0v) is 24.5. The van der Waals surface area contributed by atoms with Crippen LogP contribution in [0.1, 0.15) is 18.4 Å². The Labute approximate surface area is 253 Å². The second-order valence-corrected chi connectivity index (χ2v) is 12.9. The highest BCUT2D eigenvalue weighted by Crippen LogP contribution is 2.64. The number of phenolic OH excluding ortho intramolecular Hbond substituents is 1. The van der Waals surface area contributed by atoms with Gasteiger partial charge in [0.25, 0.3) is 11.8 Å². The van der Waals surface area contributed by atoms with Crippen LogP contribution in [0.3, 0.4) is 0 Å². The molecule has 1 saturated carbocycles. The fraction of sp³-hybridized carbons (Fsp3) is 0.333. The number of nitrogens with zero attached hydrogens (tertiary/aromatic N) is 2. The summed E-state index contributed by atoms with van der Waals surface area (Å²) in [5.74, 6) is -4.26. The molecule has 0 aromatic heterocycles. The summed E-state index contributed by atoms with van der Waals surface area (Å²) in [4.78, 5) is 53.7. The van der Waals surface area contributed by atoms with Gasteiger partial charge in [-0.2, -0.15) is 0 Å². The van der Waals surface area contributed by atoms with E-state index in [1.165, 1.54) is 17.2 Å². The molecular weight excluding hydrogens is 635 g/mol. The van der Waals surface area contributed by atoms with Crippen molar-refractivity contribution in [1.29, 1.82) is 0 Å². The minimum absolute atomic E-state index is 0.0516. The van der Waals surface area contributed by atoms with Crippen LogP contribution in [0.2, 0.25) is 0 Å². The van der Waals surface area contributed by atoms with Crippen LogP contribution in [0, 0.1) is 23.7 Å². The number of fused-ring (bicyclic) bond motifs is 5. The van der Waals surface area contributed by atoms with Gasteiger partial charge < -0.3 is 9.84 Å². The van der Waals surface area contributed by atoms with Crippen molar-refractivity contribution in [3.8, 4) is 11.5 Å². The average molecular weight is 658 g/mol. The molecule has 2 aromatic rings. The van der Waals surface area contributed by atoms with Gasteiger partial charge >= 0.3 is 0 Å². The van der Waals surface area contributed by atoms with E-state index in [1.807, 2.05) is 6.08 Å². The van der Waals surface area contributed by atoms with Crippen LogP contribution in [0.25, 0.3) is 0 Å². The van der Waals surface area contributed by atoms with Gasteiger partial charge in [-0.05, 0) is 54.7 Å². The van der Waals surface area contributed by atoms with Gasteiger partial charge in [0.1, 0.15) is 11.5 Å². The molecule has 0 unspecified atom stereocenters. The van der Waals surface area contributed by atoms with E-state index in [4.69, 9.17) is 27.9 Å². The van der Waals surface area contributed by atoms with Gasteiger partial charge in [0, 0.05) is 17.9 Å². The van der Waals surface area contributed by atoms with Crippen LogP contribution in [-0.4, -0.2) is 48.8 Å². The lowest BCUT2D eigenvalue weighted by Gasteiger charge is -2.51. The van der Waals surface area contributed by atoms with Gasteiger partial charge in [0.2, 0.25) is 11.8 Å². The molecule has 5 aliphatic rings. The molecule has 2 saturated heterocycles. The van der Waals surface area contributed by atoms with E-state index < -0.39 is 45.2 Å². The number of para-hydroxylation sites is 1. The average Bonchev–Trinajstić information content (AvgIpc) is 3.30. The van der Waals surface area contributed by atoms with Crippen molar-refractivity contribution in [3.63, 3.8) is 0 Å². The molecule has 0 bridgehead atoms. The van der Waals surface area contributed by atoms with Gasteiger partial charge in [-0.3, -0.25) is 29.0 Å². The number of likely N-dealkylation sites (tertiary alicyclic amines) is 1. The summed E-state index contributed by atoms with van der Waals surface area (Å²) in [7, 11) is 0. The van der Waals surface area contributed by atoms with Gasteiger partial charge in [-0.25, -0.2) is 0 Å². The second kappa shape index (κ2) is 9.18. The van der Waals surface area contributed by atoms with E-state index in [9.17, 15) is 24.3 Å². The Morgan fingerprint density at radius 1 is 1.00 bits per heavy atom. The molecule has 8 nitrogen and oxygen atoms in total. The molecule has 3 heterocycles. The summed E-state index contributed by atoms with van der Waals surface area (Å²) in [5.41, 5.74) is 2.35. The minimum atomic E-state index is -1.90. The molecule has 7 rings (SSSR count). The molecule has 6 atom stereocenters. The predicted octanol–water partition coefficient (Wildman–Crippen LogP) is 4.66. The first-order chi connectivity index (χ1) is 19.6. The third-order valence-electron chi connectivity index (χ3n) is 9.18. The van der Waals surface area contributed by atoms with Gasteiger partial charge in [-0.15, -0.1) is 23.2 Å². The van der Waals surface area contributed by atoms with Crippen LogP contribution in [0.15, 0.2) is 72.0 Å². The number of anilines is 1. The largest absolute Gasteiger partial charge is 0.508 e. The van der Waals surface area contributed by atoms with E-state index >= 15 is 0 Å². The molecule has 210 valence electrons. The zero-order valence-electron chi connectivity index (χ0n) is 21.4. The number of rotatable bonds is 3. The Kier molecular flexibility index (Phi) is 5.99. The standard InChI is InChI=1S/C30H23BrCl2N2O6/c31-14-34-27(39)29(32)12-21-19(7-8-20-23(21)26(38)35(25(20)37)17-4-2-1-3-5-17)24(30(29,33)28(34)40)16-10-15-11-18(36)6-9-22(15)41-13-16/h1-7,9,11,13,20-21,23-24,36H,8,10,12,14H2/t20-,21+,23-,24-,29+,30-/m0/s1. The summed E-state index contributed by atoms with van der Waals surface area (Å²) >= 11 is 17.8. The predicted molar refractivity (Wildman–Crippen MR) is 154 cm³/mol. The number of hydrogen-bond acceptors (Lipinski definition) is 6. The highest BCUT2D eigenvalue weighted by atomic mass is 79.9. The maximum Gasteiger partial charge on any atom is 0.254 e. The summed E-state index contributed by atoms with van der Waals surface area (Å²) in [6, 6.07) is 13.5. The molecule has 2 aromatic carbocycles. The van der Waals surface area contributed by atoms with E-state index in [2.05, 4.69) is 15.9 Å². The highest BCUT2D eigenvalue weighted by Gasteiger charge is 2.76. The number of carbonyl (C=O) groups is 4. The molecule has 1 N–H and O–H groups in total. The zero-order chi connectivity index (χ0) is 28.8. The first-order valence-electron chi connectivity index (χ1n) is 13.2. The maximum absolute atomic E-state index is 14.0. The van der Waals surface area contributed by atoms with Crippen LogP contribution in [0.4, 0.5) is 5.69 Å². The van der Waals surface area contributed by atoms with E-state index in [1.54, 1.807) is 42.5 Å². The monoisotopic (exact) mass is 656 g/mol. The number of ether oxygens (including phenoxy) is 1. The first-order valence-corrected chi connectivity index (χ1v) is 15.1. The lowest BCUT2D eigenvalue weighted by molar-refractivity contribution is -0.138. The van der Waals surface area contributed by atoms with Crippen molar-refractivity contribution in [2.45, 2.75) is 29.0 Å². The topological polar surface area (TPSA) is 104 Å². The molecular formula is C30H23BrCl2N2O6. The van der Waals surface area contributed by atoms with Crippen molar-refractivity contribution in [1.82, 2.24) is 4.90 Å². The second-order valence-electron chi connectivity index (χ2n) is 11.1.